The van der Waals surface area contributed by atoms with Gasteiger partial charge in [0.1, 0.15) is 0 Å². The van der Waals surface area contributed by atoms with Gasteiger partial charge in [0.25, 0.3) is 0 Å². The first kappa shape index (κ1) is 19.4. The van der Waals surface area contributed by atoms with Crippen molar-refractivity contribution in [3.05, 3.63) is 35.4 Å². The Morgan fingerprint density at radius 1 is 1.12 bits per heavy atom. The van der Waals surface area contributed by atoms with Gasteiger partial charge in [-0.2, -0.15) is 0 Å². The van der Waals surface area contributed by atoms with Crippen molar-refractivity contribution in [1.29, 1.82) is 0 Å². The molecule has 4 heteroatoms. The zero-order chi connectivity index (χ0) is 18.8. The Balaban J connectivity index is 1.70. The summed E-state index contributed by atoms with van der Waals surface area (Å²) in [5, 5.41) is 3.26. The third-order valence-corrected chi connectivity index (χ3v) is 6.58. The van der Waals surface area contributed by atoms with Crippen LogP contribution in [0.2, 0.25) is 0 Å². The second-order valence-electron chi connectivity index (χ2n) is 9.24. The van der Waals surface area contributed by atoms with Gasteiger partial charge in [0.2, 0.25) is 5.91 Å². The molecule has 2 fully saturated rings. The van der Waals surface area contributed by atoms with Crippen molar-refractivity contribution >= 4 is 5.91 Å². The predicted molar refractivity (Wildman–Crippen MR) is 105 cm³/mol. The first-order chi connectivity index (χ1) is 12.3. The van der Waals surface area contributed by atoms with Crippen LogP contribution in [0, 0.1) is 5.41 Å². The molecule has 1 aromatic rings. The van der Waals surface area contributed by atoms with Gasteiger partial charge in [-0.25, -0.2) is 0 Å². The molecule has 0 spiro atoms. The summed E-state index contributed by atoms with van der Waals surface area (Å²) >= 11 is 0. The van der Waals surface area contributed by atoms with E-state index in [4.69, 9.17) is 10.5 Å². The molecule has 1 aliphatic carbocycles. The van der Waals surface area contributed by atoms with Crippen LogP contribution in [0.5, 0.6) is 0 Å². The fourth-order valence-electron chi connectivity index (χ4n) is 4.22. The minimum atomic E-state index is -0.445. The highest BCUT2D eigenvalue weighted by Crippen LogP contribution is 2.44. The number of carbonyl (C=O) groups is 1. The Morgan fingerprint density at radius 2 is 1.73 bits per heavy atom. The Morgan fingerprint density at radius 3 is 2.19 bits per heavy atom. The van der Waals surface area contributed by atoms with E-state index < -0.39 is 5.41 Å². The number of amides is 1. The van der Waals surface area contributed by atoms with E-state index in [1.807, 2.05) is 0 Å². The molecule has 2 aliphatic rings. The Labute approximate surface area is 157 Å². The number of benzene rings is 1. The lowest BCUT2D eigenvalue weighted by Gasteiger charge is -2.44. The first-order valence-corrected chi connectivity index (χ1v) is 9.99. The molecule has 0 atom stereocenters. The molecule has 0 radical (unpaired) electrons. The summed E-state index contributed by atoms with van der Waals surface area (Å²) in [6.45, 7) is 9.08. The van der Waals surface area contributed by atoms with Gasteiger partial charge in [0, 0.05) is 31.7 Å². The molecule has 0 aromatic heterocycles. The standard InChI is InChI=1S/C22H34N2O2/c1-20(2,3)17-5-7-18(8-6-17)22(9-4-10-22)16-24-19(25)21(15-23)11-13-26-14-12-21/h5-8H,4,9-16,23H2,1-3H3,(H,24,25). The minimum absolute atomic E-state index is 0.0903. The van der Waals surface area contributed by atoms with Gasteiger partial charge >= 0.3 is 0 Å². The third kappa shape index (κ3) is 3.67. The minimum Gasteiger partial charge on any atom is -0.381 e. The van der Waals surface area contributed by atoms with Crippen molar-refractivity contribution in [1.82, 2.24) is 5.32 Å². The molecule has 1 aromatic carbocycles. The van der Waals surface area contributed by atoms with Gasteiger partial charge in [0.05, 0.1) is 5.41 Å². The van der Waals surface area contributed by atoms with Gasteiger partial charge in [-0.3, -0.25) is 4.79 Å². The second kappa shape index (κ2) is 7.32. The first-order valence-electron chi connectivity index (χ1n) is 9.99. The van der Waals surface area contributed by atoms with E-state index in [2.05, 4.69) is 50.4 Å². The molecule has 0 unspecified atom stereocenters. The van der Waals surface area contributed by atoms with Crippen molar-refractivity contribution < 1.29 is 9.53 Å². The van der Waals surface area contributed by atoms with Crippen LogP contribution in [-0.2, 0) is 20.4 Å². The summed E-state index contributed by atoms with van der Waals surface area (Å²) in [7, 11) is 0. The van der Waals surface area contributed by atoms with E-state index in [0.29, 0.717) is 26.3 Å². The van der Waals surface area contributed by atoms with Crippen LogP contribution in [0.4, 0.5) is 0 Å². The number of ether oxygens (including phenoxy) is 1. The van der Waals surface area contributed by atoms with Gasteiger partial charge in [-0.1, -0.05) is 51.5 Å². The monoisotopic (exact) mass is 358 g/mol. The van der Waals surface area contributed by atoms with E-state index in [1.54, 1.807) is 0 Å². The van der Waals surface area contributed by atoms with Crippen molar-refractivity contribution in [2.75, 3.05) is 26.3 Å². The average molecular weight is 359 g/mol. The van der Waals surface area contributed by atoms with Crippen LogP contribution >= 0.6 is 0 Å². The van der Waals surface area contributed by atoms with E-state index >= 15 is 0 Å². The largest absolute Gasteiger partial charge is 0.381 e. The summed E-state index contributed by atoms with van der Waals surface area (Å²) in [6.07, 6.45) is 4.96. The molecular weight excluding hydrogens is 324 g/mol. The number of nitrogens with one attached hydrogen (secondary N) is 1. The Bertz CT molecular complexity index is 621. The van der Waals surface area contributed by atoms with Crippen molar-refractivity contribution in [2.45, 2.75) is 63.7 Å². The zero-order valence-corrected chi connectivity index (χ0v) is 16.6. The number of carbonyl (C=O) groups excluding carboxylic acids is 1. The molecular formula is C22H34N2O2. The maximum atomic E-state index is 12.9. The van der Waals surface area contributed by atoms with Crippen LogP contribution in [0.25, 0.3) is 0 Å². The van der Waals surface area contributed by atoms with E-state index in [9.17, 15) is 4.79 Å². The number of nitrogens with two attached hydrogens (primary N) is 1. The summed E-state index contributed by atoms with van der Waals surface area (Å²) in [5.41, 5.74) is 8.49. The van der Waals surface area contributed by atoms with Gasteiger partial charge in [-0.15, -0.1) is 0 Å². The highest BCUT2D eigenvalue weighted by molar-refractivity contribution is 5.83. The molecule has 144 valence electrons. The molecule has 1 saturated carbocycles. The predicted octanol–water partition coefficient (Wildman–Crippen LogP) is 3.28. The third-order valence-electron chi connectivity index (χ3n) is 6.58. The quantitative estimate of drug-likeness (QED) is 0.849. The smallest absolute Gasteiger partial charge is 0.227 e. The topological polar surface area (TPSA) is 64.4 Å². The highest BCUT2D eigenvalue weighted by atomic mass is 16.5. The maximum Gasteiger partial charge on any atom is 0.227 e. The molecule has 26 heavy (non-hydrogen) atoms. The van der Waals surface area contributed by atoms with Gasteiger partial charge < -0.3 is 15.8 Å². The van der Waals surface area contributed by atoms with Crippen LogP contribution in [0.15, 0.2) is 24.3 Å². The molecule has 0 bridgehead atoms. The molecule has 3 N–H and O–H groups in total. The Kier molecular flexibility index (Phi) is 5.45. The zero-order valence-electron chi connectivity index (χ0n) is 16.6. The molecule has 4 nitrogen and oxygen atoms in total. The summed E-state index contributed by atoms with van der Waals surface area (Å²) in [4.78, 5) is 12.9. The highest BCUT2D eigenvalue weighted by Gasteiger charge is 2.42. The molecule has 3 rings (SSSR count). The van der Waals surface area contributed by atoms with E-state index in [-0.39, 0.29) is 16.7 Å². The summed E-state index contributed by atoms with van der Waals surface area (Å²) in [5.74, 6) is 0.112. The fourth-order valence-corrected chi connectivity index (χ4v) is 4.22. The second-order valence-corrected chi connectivity index (χ2v) is 9.24. The molecule has 1 heterocycles. The van der Waals surface area contributed by atoms with Crippen molar-refractivity contribution in [3.8, 4) is 0 Å². The van der Waals surface area contributed by atoms with Gasteiger partial charge in [-0.05, 0) is 42.2 Å². The lowest BCUT2D eigenvalue weighted by Crippen LogP contribution is -2.53. The summed E-state index contributed by atoms with van der Waals surface area (Å²) in [6, 6.07) is 9.02. The Hall–Kier alpha value is -1.39. The fraction of sp³-hybridized carbons (Fsp3) is 0.682. The normalized spacial score (nSPS) is 21.7. The maximum absolute atomic E-state index is 12.9. The lowest BCUT2D eigenvalue weighted by atomic mass is 9.64. The lowest BCUT2D eigenvalue weighted by molar-refractivity contribution is -0.136. The summed E-state index contributed by atoms with van der Waals surface area (Å²) < 4.78 is 5.43. The SMILES string of the molecule is CC(C)(C)c1ccc(C2(CNC(=O)C3(CN)CCOCC3)CCC2)cc1. The van der Waals surface area contributed by atoms with Crippen LogP contribution in [0.1, 0.15) is 64.0 Å². The van der Waals surface area contributed by atoms with E-state index in [0.717, 1.165) is 25.7 Å². The number of rotatable bonds is 5. The van der Waals surface area contributed by atoms with Crippen LogP contribution < -0.4 is 11.1 Å². The molecule has 1 aliphatic heterocycles. The van der Waals surface area contributed by atoms with Crippen molar-refractivity contribution in [3.63, 3.8) is 0 Å². The van der Waals surface area contributed by atoms with Crippen LogP contribution in [0.3, 0.4) is 0 Å². The van der Waals surface area contributed by atoms with Crippen LogP contribution in [-0.4, -0.2) is 32.2 Å². The average Bonchev–Trinajstić information content (AvgIpc) is 2.61. The number of hydrogen-bond acceptors (Lipinski definition) is 3. The van der Waals surface area contributed by atoms with Gasteiger partial charge in [0.15, 0.2) is 0 Å². The van der Waals surface area contributed by atoms with Crippen molar-refractivity contribution in [2.24, 2.45) is 11.1 Å². The number of hydrogen-bond donors (Lipinski definition) is 2. The van der Waals surface area contributed by atoms with E-state index in [1.165, 1.54) is 17.5 Å². The molecule has 1 saturated heterocycles. The molecule has 1 amide bonds.